The fourth-order valence-electron chi connectivity index (χ4n) is 3.05. The van der Waals surface area contributed by atoms with Gasteiger partial charge in [0.1, 0.15) is 5.69 Å². The molecule has 156 valence electrons. The molecule has 0 radical (unpaired) electrons. The Labute approximate surface area is 185 Å². The van der Waals surface area contributed by atoms with E-state index in [1.165, 1.54) is 16.9 Å². The van der Waals surface area contributed by atoms with Crippen molar-refractivity contribution in [2.75, 3.05) is 5.32 Å². The first-order valence-electron chi connectivity index (χ1n) is 10.0. The highest BCUT2D eigenvalue weighted by Crippen LogP contribution is 2.19. The number of anilines is 1. The Bertz CT molecular complexity index is 1180. The zero-order valence-corrected chi connectivity index (χ0v) is 18.2. The lowest BCUT2D eigenvalue weighted by atomic mass is 10.1. The molecular weight excluding hydrogens is 406 g/mol. The summed E-state index contributed by atoms with van der Waals surface area (Å²) in [7, 11) is 0. The van der Waals surface area contributed by atoms with E-state index < -0.39 is 0 Å². The highest BCUT2D eigenvalue weighted by molar-refractivity contribution is 7.14. The smallest absolute Gasteiger partial charge is 0.274 e. The zero-order valence-electron chi connectivity index (χ0n) is 17.4. The van der Waals surface area contributed by atoms with Crippen LogP contribution in [0.1, 0.15) is 52.8 Å². The molecule has 0 fully saturated rings. The Morgan fingerprint density at radius 3 is 2.68 bits per heavy atom. The van der Waals surface area contributed by atoms with E-state index in [-0.39, 0.29) is 5.91 Å². The molecule has 0 aromatic carbocycles. The molecule has 4 rings (SSSR count). The molecule has 0 aliphatic carbocycles. The number of aromatic nitrogens is 4. The first kappa shape index (κ1) is 20.7. The van der Waals surface area contributed by atoms with E-state index in [4.69, 9.17) is 0 Å². The van der Waals surface area contributed by atoms with Gasteiger partial charge in [0.25, 0.3) is 5.91 Å². The number of rotatable bonds is 7. The maximum atomic E-state index is 12.8. The standard InChI is InChI=1S/C24H23N5OS/c1-17(2)19-5-6-20(26-14-19)7-8-21-16-31-24(27-21)28-23(30)22-4-3-13-29(22)15-18-9-11-25-12-10-18/h3-14,16-17H,15H2,1-2H3,(H,27,28,30)/b8-7+. The molecule has 0 aliphatic heterocycles. The van der Waals surface area contributed by atoms with Crippen LogP contribution in [0.15, 0.2) is 66.6 Å². The third-order valence-electron chi connectivity index (χ3n) is 4.81. The Morgan fingerprint density at radius 2 is 1.94 bits per heavy atom. The van der Waals surface area contributed by atoms with Crippen LogP contribution in [0.25, 0.3) is 12.2 Å². The minimum Gasteiger partial charge on any atom is -0.339 e. The molecule has 4 heterocycles. The van der Waals surface area contributed by atoms with Crippen LogP contribution in [-0.4, -0.2) is 25.4 Å². The summed E-state index contributed by atoms with van der Waals surface area (Å²) < 4.78 is 1.91. The van der Waals surface area contributed by atoms with Crippen molar-refractivity contribution in [1.82, 2.24) is 19.5 Å². The molecule has 1 amide bonds. The van der Waals surface area contributed by atoms with Crippen LogP contribution in [0.5, 0.6) is 0 Å². The van der Waals surface area contributed by atoms with Gasteiger partial charge >= 0.3 is 0 Å². The molecule has 0 aliphatic rings. The van der Waals surface area contributed by atoms with Crippen LogP contribution >= 0.6 is 11.3 Å². The molecule has 1 N–H and O–H groups in total. The van der Waals surface area contributed by atoms with Crippen molar-refractivity contribution < 1.29 is 4.79 Å². The summed E-state index contributed by atoms with van der Waals surface area (Å²) in [6.07, 6.45) is 11.1. The van der Waals surface area contributed by atoms with Gasteiger partial charge in [-0.25, -0.2) is 4.98 Å². The van der Waals surface area contributed by atoms with Crippen molar-refractivity contribution in [3.63, 3.8) is 0 Å². The number of nitrogens with zero attached hydrogens (tertiary/aromatic N) is 4. The topological polar surface area (TPSA) is 72.7 Å². The normalized spacial score (nSPS) is 11.3. The van der Waals surface area contributed by atoms with Gasteiger partial charge < -0.3 is 4.57 Å². The molecular formula is C24H23N5OS. The van der Waals surface area contributed by atoms with Gasteiger partial charge in [0.15, 0.2) is 5.13 Å². The second-order valence-corrected chi connectivity index (χ2v) is 8.27. The van der Waals surface area contributed by atoms with Crippen molar-refractivity contribution in [1.29, 1.82) is 0 Å². The van der Waals surface area contributed by atoms with Crippen LogP contribution < -0.4 is 5.32 Å². The molecule has 0 saturated carbocycles. The second kappa shape index (κ2) is 9.49. The number of hydrogen-bond donors (Lipinski definition) is 1. The van der Waals surface area contributed by atoms with Crippen molar-refractivity contribution >= 4 is 34.5 Å². The van der Waals surface area contributed by atoms with Crippen LogP contribution in [0.2, 0.25) is 0 Å². The molecule has 0 unspecified atom stereocenters. The number of carbonyl (C=O) groups is 1. The third kappa shape index (κ3) is 5.32. The summed E-state index contributed by atoms with van der Waals surface area (Å²) in [5, 5.41) is 5.36. The van der Waals surface area contributed by atoms with Gasteiger partial charge in [-0.1, -0.05) is 19.9 Å². The van der Waals surface area contributed by atoms with E-state index in [0.717, 1.165) is 17.0 Å². The first-order chi connectivity index (χ1) is 15.1. The molecule has 0 atom stereocenters. The fourth-order valence-corrected chi connectivity index (χ4v) is 3.73. The van der Waals surface area contributed by atoms with Crippen LogP contribution in [-0.2, 0) is 6.54 Å². The van der Waals surface area contributed by atoms with E-state index in [1.807, 2.05) is 58.8 Å². The van der Waals surface area contributed by atoms with Crippen LogP contribution in [0.4, 0.5) is 5.13 Å². The maximum Gasteiger partial charge on any atom is 0.274 e. The lowest BCUT2D eigenvalue weighted by Gasteiger charge is -2.08. The Morgan fingerprint density at radius 1 is 1.13 bits per heavy atom. The highest BCUT2D eigenvalue weighted by Gasteiger charge is 2.13. The predicted molar refractivity (Wildman–Crippen MR) is 125 cm³/mol. The summed E-state index contributed by atoms with van der Waals surface area (Å²) >= 11 is 1.39. The quantitative estimate of drug-likeness (QED) is 0.431. The van der Waals surface area contributed by atoms with Crippen molar-refractivity contribution in [3.8, 4) is 0 Å². The zero-order chi connectivity index (χ0) is 21.6. The molecule has 7 heteroatoms. The monoisotopic (exact) mass is 429 g/mol. The van der Waals surface area contributed by atoms with Crippen molar-refractivity contribution in [2.45, 2.75) is 26.3 Å². The van der Waals surface area contributed by atoms with Gasteiger partial charge in [0.05, 0.1) is 11.4 Å². The minimum absolute atomic E-state index is 0.185. The van der Waals surface area contributed by atoms with Gasteiger partial charge in [-0.2, -0.15) is 0 Å². The lowest BCUT2D eigenvalue weighted by Crippen LogP contribution is -2.17. The molecule has 0 spiro atoms. The molecule has 0 bridgehead atoms. The average molecular weight is 430 g/mol. The van der Waals surface area contributed by atoms with E-state index in [0.29, 0.717) is 23.3 Å². The van der Waals surface area contributed by atoms with Crippen LogP contribution in [0, 0.1) is 0 Å². The molecule has 6 nitrogen and oxygen atoms in total. The summed E-state index contributed by atoms with van der Waals surface area (Å²) in [6.45, 7) is 4.90. The lowest BCUT2D eigenvalue weighted by molar-refractivity contribution is 0.101. The number of hydrogen-bond acceptors (Lipinski definition) is 5. The third-order valence-corrected chi connectivity index (χ3v) is 5.58. The van der Waals surface area contributed by atoms with E-state index in [2.05, 4.69) is 40.2 Å². The second-order valence-electron chi connectivity index (χ2n) is 7.41. The first-order valence-corrected chi connectivity index (χ1v) is 10.9. The number of amides is 1. The maximum absolute atomic E-state index is 12.8. The summed E-state index contributed by atoms with van der Waals surface area (Å²) in [4.78, 5) is 25.7. The Kier molecular flexibility index (Phi) is 6.33. The van der Waals surface area contributed by atoms with Gasteiger partial charge in [0, 0.05) is 36.7 Å². The van der Waals surface area contributed by atoms with E-state index >= 15 is 0 Å². The summed E-state index contributed by atoms with van der Waals surface area (Å²) in [6, 6.07) is 11.6. The number of pyridine rings is 2. The minimum atomic E-state index is -0.185. The average Bonchev–Trinajstić information content (AvgIpc) is 3.42. The summed E-state index contributed by atoms with van der Waals surface area (Å²) in [5.74, 6) is 0.274. The molecule has 31 heavy (non-hydrogen) atoms. The van der Waals surface area contributed by atoms with Gasteiger partial charge in [-0.05, 0) is 59.5 Å². The van der Waals surface area contributed by atoms with Crippen molar-refractivity contribution in [3.05, 3.63) is 94.8 Å². The van der Waals surface area contributed by atoms with Gasteiger partial charge in [0.2, 0.25) is 0 Å². The molecule has 4 aromatic rings. The Hall–Kier alpha value is -3.58. The summed E-state index contributed by atoms with van der Waals surface area (Å²) in [5.41, 5.74) is 4.53. The van der Waals surface area contributed by atoms with Gasteiger partial charge in [-0.3, -0.25) is 20.1 Å². The SMILES string of the molecule is CC(C)c1ccc(/C=C/c2csc(NC(=O)c3cccn3Cc3ccncc3)n2)nc1. The number of nitrogens with one attached hydrogen (secondary N) is 1. The predicted octanol–water partition coefficient (Wildman–Crippen LogP) is 5.33. The molecule has 0 saturated heterocycles. The molecule has 4 aromatic heterocycles. The number of carbonyl (C=O) groups excluding carboxylic acids is 1. The highest BCUT2D eigenvalue weighted by atomic mass is 32.1. The van der Waals surface area contributed by atoms with Crippen molar-refractivity contribution in [2.24, 2.45) is 0 Å². The van der Waals surface area contributed by atoms with Crippen LogP contribution in [0.3, 0.4) is 0 Å². The Balaban J connectivity index is 1.40. The van der Waals surface area contributed by atoms with E-state index in [9.17, 15) is 4.79 Å². The van der Waals surface area contributed by atoms with E-state index in [1.54, 1.807) is 18.5 Å². The van der Waals surface area contributed by atoms with Gasteiger partial charge in [-0.15, -0.1) is 11.3 Å². The number of thiazole rings is 1. The fraction of sp³-hybridized carbons (Fsp3) is 0.167. The largest absolute Gasteiger partial charge is 0.339 e.